The Kier molecular flexibility index (Phi) is 3.75. The topological polar surface area (TPSA) is 67.4 Å². The van der Waals surface area contributed by atoms with E-state index in [0.29, 0.717) is 12.1 Å². The molecule has 0 aliphatic carbocycles. The number of hydrogen-bond acceptors (Lipinski definition) is 5. The van der Waals surface area contributed by atoms with Gasteiger partial charge < -0.3 is 0 Å². The Bertz CT molecular complexity index is 766. The molecule has 0 fully saturated rings. The normalized spacial score (nSPS) is 10.5. The number of benzene rings is 1. The standard InChI is InChI=1S/C15H13N5S/c1-11-2-4-12(5-3-11)6-7-14-13(10-16)18-19-20(14)15-17-8-9-21-15/h2-5,8-9H,6-7H2,1H3. The molecule has 3 rings (SSSR count). The van der Waals surface area contributed by atoms with E-state index in [0.717, 1.165) is 17.2 Å². The highest BCUT2D eigenvalue weighted by Gasteiger charge is 2.15. The van der Waals surface area contributed by atoms with Crippen molar-refractivity contribution in [2.45, 2.75) is 19.8 Å². The first-order valence-corrected chi connectivity index (χ1v) is 7.46. The summed E-state index contributed by atoms with van der Waals surface area (Å²) >= 11 is 1.48. The summed E-state index contributed by atoms with van der Waals surface area (Å²) in [6, 6.07) is 10.5. The molecule has 5 nitrogen and oxygen atoms in total. The molecule has 0 bridgehead atoms. The molecule has 0 atom stereocenters. The molecule has 0 radical (unpaired) electrons. The van der Waals surface area contributed by atoms with E-state index in [2.05, 4.69) is 52.6 Å². The third-order valence-corrected chi connectivity index (χ3v) is 3.99. The predicted octanol–water partition coefficient (Wildman–Crippen LogP) is 2.69. The largest absolute Gasteiger partial charge is 0.227 e. The second-order valence-electron chi connectivity index (χ2n) is 4.71. The van der Waals surface area contributed by atoms with Gasteiger partial charge in [-0.3, -0.25) is 0 Å². The summed E-state index contributed by atoms with van der Waals surface area (Å²) in [5, 5.41) is 19.8. The van der Waals surface area contributed by atoms with Gasteiger partial charge in [0.1, 0.15) is 6.07 Å². The van der Waals surface area contributed by atoms with Crippen molar-refractivity contribution >= 4 is 11.3 Å². The van der Waals surface area contributed by atoms with Crippen LogP contribution in [-0.4, -0.2) is 20.0 Å². The van der Waals surface area contributed by atoms with E-state index >= 15 is 0 Å². The van der Waals surface area contributed by atoms with Crippen molar-refractivity contribution in [1.29, 1.82) is 5.26 Å². The van der Waals surface area contributed by atoms with Crippen molar-refractivity contribution in [2.75, 3.05) is 0 Å². The van der Waals surface area contributed by atoms with E-state index in [1.165, 1.54) is 22.5 Å². The van der Waals surface area contributed by atoms with Crippen LogP contribution in [0.15, 0.2) is 35.8 Å². The van der Waals surface area contributed by atoms with E-state index < -0.39 is 0 Å². The van der Waals surface area contributed by atoms with E-state index in [4.69, 9.17) is 0 Å². The van der Waals surface area contributed by atoms with Crippen molar-refractivity contribution in [3.63, 3.8) is 0 Å². The molecule has 0 aliphatic rings. The third kappa shape index (κ3) is 2.83. The van der Waals surface area contributed by atoms with Gasteiger partial charge in [-0.15, -0.1) is 16.4 Å². The van der Waals surface area contributed by atoms with Gasteiger partial charge in [0.2, 0.25) is 5.13 Å². The van der Waals surface area contributed by atoms with Gasteiger partial charge in [0.25, 0.3) is 0 Å². The third-order valence-electron chi connectivity index (χ3n) is 3.24. The van der Waals surface area contributed by atoms with Crippen LogP contribution < -0.4 is 0 Å². The lowest BCUT2D eigenvalue weighted by Gasteiger charge is -2.04. The molecule has 0 N–H and O–H groups in total. The van der Waals surface area contributed by atoms with Crippen LogP contribution in [0.5, 0.6) is 0 Å². The Morgan fingerprint density at radius 1 is 1.24 bits per heavy atom. The highest BCUT2D eigenvalue weighted by molar-refractivity contribution is 7.12. The van der Waals surface area contributed by atoms with Crippen molar-refractivity contribution in [3.05, 3.63) is 58.4 Å². The second-order valence-corrected chi connectivity index (χ2v) is 5.58. The molecule has 0 aliphatic heterocycles. The van der Waals surface area contributed by atoms with Gasteiger partial charge in [-0.05, 0) is 25.3 Å². The summed E-state index contributed by atoms with van der Waals surface area (Å²) in [6.07, 6.45) is 3.27. The lowest BCUT2D eigenvalue weighted by molar-refractivity contribution is 0.747. The van der Waals surface area contributed by atoms with Crippen LogP contribution in [0, 0.1) is 18.3 Å². The Morgan fingerprint density at radius 3 is 2.71 bits per heavy atom. The van der Waals surface area contributed by atoms with Crippen molar-refractivity contribution in [3.8, 4) is 11.2 Å². The highest BCUT2D eigenvalue weighted by atomic mass is 32.1. The summed E-state index contributed by atoms with van der Waals surface area (Å²) < 4.78 is 1.66. The maximum Gasteiger partial charge on any atom is 0.211 e. The highest BCUT2D eigenvalue weighted by Crippen LogP contribution is 2.17. The first-order valence-electron chi connectivity index (χ1n) is 6.58. The van der Waals surface area contributed by atoms with Crippen LogP contribution in [0.3, 0.4) is 0 Å². The number of nitrogens with zero attached hydrogens (tertiary/aromatic N) is 5. The van der Waals surface area contributed by atoms with E-state index in [1.807, 2.05) is 5.38 Å². The second kappa shape index (κ2) is 5.85. The summed E-state index contributed by atoms with van der Waals surface area (Å²) in [5.74, 6) is 0. The minimum atomic E-state index is 0.373. The molecular formula is C15H13N5S. The fourth-order valence-corrected chi connectivity index (χ4v) is 2.72. The smallest absolute Gasteiger partial charge is 0.211 e. The van der Waals surface area contributed by atoms with Crippen LogP contribution >= 0.6 is 11.3 Å². The zero-order valence-electron chi connectivity index (χ0n) is 11.5. The molecule has 104 valence electrons. The summed E-state index contributed by atoms with van der Waals surface area (Å²) in [5.41, 5.74) is 3.66. The molecule has 6 heteroatoms. The molecular weight excluding hydrogens is 282 g/mol. The lowest BCUT2D eigenvalue weighted by atomic mass is 10.1. The average molecular weight is 295 g/mol. The number of nitriles is 1. The minimum Gasteiger partial charge on any atom is -0.227 e. The molecule has 0 saturated heterocycles. The van der Waals surface area contributed by atoms with Crippen LogP contribution in [0.25, 0.3) is 5.13 Å². The maximum absolute atomic E-state index is 9.18. The number of rotatable bonds is 4. The Balaban J connectivity index is 1.86. The Morgan fingerprint density at radius 2 is 2.05 bits per heavy atom. The maximum atomic E-state index is 9.18. The van der Waals surface area contributed by atoms with Gasteiger partial charge in [-0.25, -0.2) is 4.98 Å². The molecule has 3 aromatic rings. The Hall–Kier alpha value is -2.52. The van der Waals surface area contributed by atoms with Gasteiger partial charge in [-0.1, -0.05) is 35.0 Å². The van der Waals surface area contributed by atoms with E-state index in [9.17, 15) is 5.26 Å². The number of thiazole rings is 1. The van der Waals surface area contributed by atoms with Crippen molar-refractivity contribution in [2.24, 2.45) is 0 Å². The van der Waals surface area contributed by atoms with Gasteiger partial charge in [-0.2, -0.15) is 9.94 Å². The number of hydrogen-bond donors (Lipinski definition) is 0. The molecule has 0 saturated carbocycles. The monoisotopic (exact) mass is 295 g/mol. The van der Waals surface area contributed by atoms with E-state index in [-0.39, 0.29) is 0 Å². The van der Waals surface area contributed by atoms with Gasteiger partial charge in [0.15, 0.2) is 5.69 Å². The predicted molar refractivity (Wildman–Crippen MR) is 80.3 cm³/mol. The Labute approximate surface area is 126 Å². The summed E-state index contributed by atoms with van der Waals surface area (Å²) in [7, 11) is 0. The van der Waals surface area contributed by atoms with Gasteiger partial charge in [0.05, 0.1) is 5.69 Å². The fraction of sp³-hybridized carbons (Fsp3) is 0.200. The molecule has 0 amide bonds. The van der Waals surface area contributed by atoms with Gasteiger partial charge >= 0.3 is 0 Å². The molecule has 2 heterocycles. The number of aryl methyl sites for hydroxylation is 2. The van der Waals surface area contributed by atoms with Crippen LogP contribution in [-0.2, 0) is 12.8 Å². The minimum absolute atomic E-state index is 0.373. The lowest BCUT2D eigenvalue weighted by Crippen LogP contribution is -2.04. The van der Waals surface area contributed by atoms with Crippen LogP contribution in [0.2, 0.25) is 0 Å². The quantitative estimate of drug-likeness (QED) is 0.742. The molecule has 0 unspecified atom stereocenters. The zero-order valence-corrected chi connectivity index (χ0v) is 12.3. The zero-order chi connectivity index (χ0) is 14.7. The first-order chi connectivity index (χ1) is 10.3. The van der Waals surface area contributed by atoms with Crippen LogP contribution in [0.4, 0.5) is 0 Å². The molecule has 0 spiro atoms. The number of aromatic nitrogens is 4. The summed E-state index contributed by atoms with van der Waals surface area (Å²) in [6.45, 7) is 2.07. The summed E-state index contributed by atoms with van der Waals surface area (Å²) in [4.78, 5) is 4.23. The fourth-order valence-electron chi connectivity index (χ4n) is 2.10. The molecule has 21 heavy (non-hydrogen) atoms. The van der Waals surface area contributed by atoms with Crippen LogP contribution in [0.1, 0.15) is 22.5 Å². The SMILES string of the molecule is Cc1ccc(CCc2c(C#N)nnn2-c2nccs2)cc1. The first kappa shape index (κ1) is 13.5. The van der Waals surface area contributed by atoms with Crippen molar-refractivity contribution in [1.82, 2.24) is 20.0 Å². The van der Waals surface area contributed by atoms with E-state index in [1.54, 1.807) is 10.9 Å². The molecule has 1 aromatic carbocycles. The van der Waals surface area contributed by atoms with Crippen molar-refractivity contribution < 1.29 is 0 Å². The van der Waals surface area contributed by atoms with Gasteiger partial charge in [0, 0.05) is 11.6 Å². The molecule has 2 aromatic heterocycles. The average Bonchev–Trinajstić information content (AvgIpc) is 3.15.